The van der Waals surface area contributed by atoms with Gasteiger partial charge in [0, 0.05) is 10.6 Å². The molecule has 1 saturated heterocycles. The Morgan fingerprint density at radius 3 is 2.84 bits per heavy atom. The number of aliphatic hydroxyl groups excluding tert-OH is 1. The molecule has 0 aromatic heterocycles. The summed E-state index contributed by atoms with van der Waals surface area (Å²) in [6.07, 6.45) is -5.42. The Balaban J connectivity index is 1.70. The molecule has 1 N–H and O–H groups in total. The van der Waals surface area contributed by atoms with Crippen LogP contribution < -0.4 is 4.74 Å². The van der Waals surface area contributed by atoms with E-state index in [1.807, 2.05) is 0 Å². The van der Waals surface area contributed by atoms with E-state index in [4.69, 9.17) is 27.9 Å². The number of nitrogens with zero attached hydrogens (tertiary/aromatic N) is 3. The molecule has 9 nitrogen and oxygen atoms in total. The predicted octanol–water partition coefficient (Wildman–Crippen LogP) is 3.47. The maximum atomic E-state index is 13.4. The second-order valence-electron chi connectivity index (χ2n) is 6.60. The van der Waals surface area contributed by atoms with Crippen LogP contribution in [0.1, 0.15) is 18.4 Å². The average molecular weight is 486 g/mol. The van der Waals surface area contributed by atoms with E-state index in [2.05, 4.69) is 14.9 Å². The summed E-state index contributed by atoms with van der Waals surface area (Å²) in [5.74, 6) is -1.67. The van der Waals surface area contributed by atoms with E-state index in [9.17, 15) is 28.3 Å². The number of fused-ring (bicyclic) bond motifs is 1. The summed E-state index contributed by atoms with van der Waals surface area (Å²) in [6, 6.07) is 2.05. The Morgan fingerprint density at radius 2 is 2.16 bits per heavy atom. The Morgan fingerprint density at radius 1 is 1.42 bits per heavy atom. The van der Waals surface area contributed by atoms with Crippen LogP contribution in [-0.4, -0.2) is 59.3 Å². The summed E-state index contributed by atoms with van der Waals surface area (Å²) in [5, 5.41) is 25.4. The zero-order valence-corrected chi connectivity index (χ0v) is 17.2. The van der Waals surface area contributed by atoms with E-state index < -0.39 is 36.7 Å². The first-order chi connectivity index (χ1) is 14.6. The number of hydrazine groups is 1. The van der Waals surface area contributed by atoms with E-state index in [1.165, 1.54) is 17.1 Å². The second kappa shape index (κ2) is 9.37. The number of hydrogen-bond donors (Lipinski definition) is 1. The van der Waals surface area contributed by atoms with Gasteiger partial charge in [0.05, 0.1) is 28.7 Å². The quantitative estimate of drug-likeness (QED) is 0.164. The molecule has 2 aliphatic rings. The summed E-state index contributed by atoms with van der Waals surface area (Å²) < 4.78 is 49.8. The fourth-order valence-electron chi connectivity index (χ4n) is 3.16. The molecule has 2 heterocycles. The lowest BCUT2D eigenvalue weighted by Gasteiger charge is -2.28. The van der Waals surface area contributed by atoms with Crippen molar-refractivity contribution in [1.82, 2.24) is 5.01 Å². The Labute approximate surface area is 183 Å². The number of carbonyl (C=O) groups excluding carboxylic acids is 1. The zero-order valence-electron chi connectivity index (χ0n) is 15.6. The van der Waals surface area contributed by atoms with Gasteiger partial charge in [-0.1, -0.05) is 23.2 Å². The lowest BCUT2D eigenvalue weighted by Crippen LogP contribution is -2.41. The standard InChI is InChI=1S/C17H16Cl2F3N3O6/c18-10-4-9-5-12(15(17(20,21)22)31-14(9)13(19)6-10)16(27)29-8-30-23-25(28)24-3-1-2-11(24)7-26/h4-6,11,15,26H,1-3,7-8H2/b25-23-/t11-,15?/m0/s1. The molecule has 3 rings (SSSR count). The van der Waals surface area contributed by atoms with Crippen molar-refractivity contribution in [3.63, 3.8) is 0 Å². The molecule has 2 aliphatic heterocycles. The van der Waals surface area contributed by atoms with Crippen LogP contribution in [0.25, 0.3) is 6.08 Å². The van der Waals surface area contributed by atoms with Crippen LogP contribution in [0.4, 0.5) is 13.2 Å². The van der Waals surface area contributed by atoms with Gasteiger partial charge in [0.25, 0.3) is 6.79 Å². The summed E-state index contributed by atoms with van der Waals surface area (Å²) in [5.41, 5.74) is -0.800. The van der Waals surface area contributed by atoms with E-state index in [-0.39, 0.29) is 32.9 Å². The zero-order chi connectivity index (χ0) is 22.8. The number of ether oxygens (including phenoxy) is 2. The molecule has 0 bridgehead atoms. The normalized spacial score (nSPS) is 21.3. The van der Waals surface area contributed by atoms with Crippen molar-refractivity contribution in [3.05, 3.63) is 38.5 Å². The molecule has 0 saturated carbocycles. The maximum absolute atomic E-state index is 13.4. The van der Waals surface area contributed by atoms with Gasteiger partial charge in [0.2, 0.25) is 11.4 Å². The largest absolute Gasteiger partial charge is 0.569 e. The van der Waals surface area contributed by atoms with Gasteiger partial charge in [-0.05, 0) is 31.1 Å². The number of rotatable bonds is 6. The van der Waals surface area contributed by atoms with Gasteiger partial charge in [-0.15, -0.1) is 5.01 Å². The molecule has 0 radical (unpaired) electrons. The van der Waals surface area contributed by atoms with Crippen molar-refractivity contribution < 1.29 is 42.4 Å². The number of esters is 1. The van der Waals surface area contributed by atoms with Crippen LogP contribution >= 0.6 is 23.2 Å². The number of aliphatic hydroxyl groups is 1. The minimum absolute atomic E-state index is 0.0605. The first-order valence-electron chi connectivity index (χ1n) is 8.90. The Bertz CT molecular complexity index is 912. The van der Waals surface area contributed by atoms with Gasteiger partial charge in [-0.25, -0.2) is 4.79 Å². The monoisotopic (exact) mass is 485 g/mol. The van der Waals surface area contributed by atoms with Crippen LogP contribution in [0.2, 0.25) is 10.0 Å². The number of carbonyl (C=O) groups is 1. The lowest BCUT2D eigenvalue weighted by atomic mass is 10.0. The topological polar surface area (TPSA) is 107 Å². The predicted molar refractivity (Wildman–Crippen MR) is 99.8 cm³/mol. The number of alkyl halides is 3. The van der Waals surface area contributed by atoms with Crippen molar-refractivity contribution in [1.29, 1.82) is 0 Å². The van der Waals surface area contributed by atoms with Crippen molar-refractivity contribution in [2.24, 2.45) is 5.28 Å². The third kappa shape index (κ3) is 5.25. The molecule has 0 amide bonds. The first kappa shape index (κ1) is 23.2. The van der Waals surface area contributed by atoms with Crippen LogP contribution in [0.3, 0.4) is 0 Å². The fraction of sp³-hybridized carbons (Fsp3) is 0.471. The molecule has 1 unspecified atom stereocenters. The summed E-state index contributed by atoms with van der Waals surface area (Å²) in [7, 11) is 0. The minimum atomic E-state index is -4.95. The smallest absolute Gasteiger partial charge is 0.430 e. The molecule has 1 aromatic carbocycles. The maximum Gasteiger partial charge on any atom is 0.430 e. The highest BCUT2D eigenvalue weighted by Crippen LogP contribution is 2.42. The second-order valence-corrected chi connectivity index (χ2v) is 7.44. The van der Waals surface area contributed by atoms with Gasteiger partial charge >= 0.3 is 12.1 Å². The van der Waals surface area contributed by atoms with Crippen molar-refractivity contribution in [2.45, 2.75) is 31.2 Å². The highest BCUT2D eigenvalue weighted by Gasteiger charge is 2.49. The van der Waals surface area contributed by atoms with Crippen molar-refractivity contribution >= 4 is 35.2 Å². The third-order valence-corrected chi connectivity index (χ3v) is 5.05. The van der Waals surface area contributed by atoms with Gasteiger partial charge < -0.3 is 24.6 Å². The summed E-state index contributed by atoms with van der Waals surface area (Å²) in [6.45, 7) is -0.852. The molecular formula is C17H16Cl2F3N3O6. The minimum Gasteiger partial charge on any atom is -0.569 e. The lowest BCUT2D eigenvalue weighted by molar-refractivity contribution is -0.715. The van der Waals surface area contributed by atoms with Gasteiger partial charge in [0.1, 0.15) is 11.8 Å². The number of hydrogen-bond acceptors (Lipinski definition) is 7. The molecule has 0 aliphatic carbocycles. The van der Waals surface area contributed by atoms with E-state index in [1.54, 1.807) is 0 Å². The molecule has 14 heteroatoms. The van der Waals surface area contributed by atoms with Gasteiger partial charge in [-0.2, -0.15) is 13.2 Å². The molecule has 2 atom stereocenters. The number of benzene rings is 1. The van der Waals surface area contributed by atoms with Crippen molar-refractivity contribution in [3.8, 4) is 5.75 Å². The molecule has 0 spiro atoms. The van der Waals surface area contributed by atoms with E-state index in [0.29, 0.717) is 19.4 Å². The number of halogens is 5. The molecular weight excluding hydrogens is 470 g/mol. The molecule has 31 heavy (non-hydrogen) atoms. The van der Waals surface area contributed by atoms with Crippen LogP contribution in [0.15, 0.2) is 23.0 Å². The third-order valence-electron chi connectivity index (χ3n) is 4.55. The van der Waals surface area contributed by atoms with Gasteiger partial charge in [-0.3, -0.25) is 0 Å². The van der Waals surface area contributed by atoms with Crippen molar-refractivity contribution in [2.75, 3.05) is 19.9 Å². The van der Waals surface area contributed by atoms with Gasteiger partial charge in [0.15, 0.2) is 0 Å². The Kier molecular flexibility index (Phi) is 7.02. The summed E-state index contributed by atoms with van der Waals surface area (Å²) in [4.78, 5) is 16.9. The molecule has 1 fully saturated rings. The highest BCUT2D eigenvalue weighted by atomic mass is 35.5. The van der Waals surface area contributed by atoms with Crippen LogP contribution in [0.5, 0.6) is 5.75 Å². The average Bonchev–Trinajstić information content (AvgIpc) is 3.18. The first-order valence-corrected chi connectivity index (χ1v) is 9.66. The summed E-state index contributed by atoms with van der Waals surface area (Å²) >= 11 is 11.7. The van der Waals surface area contributed by atoms with E-state index in [0.717, 1.165) is 6.08 Å². The molecule has 1 aromatic rings. The van der Waals surface area contributed by atoms with Crippen LogP contribution in [0, 0.1) is 5.21 Å². The van der Waals surface area contributed by atoms with Crippen LogP contribution in [-0.2, 0) is 14.4 Å². The molecule has 170 valence electrons. The van der Waals surface area contributed by atoms with E-state index >= 15 is 0 Å². The Hall–Kier alpha value is -2.44. The SMILES string of the molecule is O=C(OCO/N=[N+](\[O-])N1CCC[C@H]1CO)C1=Cc2cc(Cl)cc(Cl)c2OC1C(F)(F)F. The fourth-order valence-corrected chi connectivity index (χ4v) is 3.71. The highest BCUT2D eigenvalue weighted by molar-refractivity contribution is 6.36.